The summed E-state index contributed by atoms with van der Waals surface area (Å²) in [5.41, 5.74) is 0. The van der Waals surface area contributed by atoms with Gasteiger partial charge in [0.05, 0.1) is 13.2 Å². The molecule has 0 unspecified atom stereocenters. The Morgan fingerprint density at radius 3 is 1.48 bits per heavy atom. The molecule has 174 valence electrons. The molecule has 0 amide bonds. The minimum Gasteiger partial charge on any atom is -0.427 e. The summed E-state index contributed by atoms with van der Waals surface area (Å²) < 4.78 is 19.6. The highest BCUT2D eigenvalue weighted by atomic mass is 28.2. The molecule has 0 fully saturated rings. The van der Waals surface area contributed by atoms with Crippen LogP contribution in [0.15, 0.2) is 0 Å². The van der Waals surface area contributed by atoms with Gasteiger partial charge in [0.25, 0.3) is 0 Å². The monoisotopic (exact) mass is 448 g/mol. The largest absolute Gasteiger partial charge is 0.427 e. The molecule has 0 saturated carbocycles. The SMILES string of the molecule is C.C.CCCCOCCC.CO[SiH2]C.CO[SiH2]C.C[SiH2]CCCOCCO. The Hall–Kier alpha value is 0.451. The van der Waals surface area contributed by atoms with E-state index in [-0.39, 0.29) is 50.5 Å². The van der Waals surface area contributed by atoms with Crippen molar-refractivity contribution in [3.8, 4) is 0 Å². The van der Waals surface area contributed by atoms with E-state index in [1.165, 1.54) is 25.3 Å². The highest BCUT2D eigenvalue weighted by molar-refractivity contribution is 6.33. The quantitative estimate of drug-likeness (QED) is 0.347. The first-order valence-corrected chi connectivity index (χ1v) is 16.3. The molecule has 27 heavy (non-hydrogen) atoms. The van der Waals surface area contributed by atoms with E-state index in [4.69, 9.17) is 14.6 Å². The lowest BCUT2D eigenvalue weighted by Gasteiger charge is -1.98. The molecule has 1 N–H and O–H groups in total. The van der Waals surface area contributed by atoms with E-state index in [2.05, 4.69) is 42.3 Å². The van der Waals surface area contributed by atoms with Crippen LogP contribution in [-0.2, 0) is 18.3 Å². The molecule has 0 atom stereocenters. The Morgan fingerprint density at radius 1 is 0.704 bits per heavy atom. The molecule has 8 heteroatoms. The van der Waals surface area contributed by atoms with Crippen molar-refractivity contribution in [1.82, 2.24) is 0 Å². The number of hydrogen-bond acceptors (Lipinski definition) is 5. The van der Waals surface area contributed by atoms with Crippen molar-refractivity contribution in [1.29, 1.82) is 0 Å². The predicted octanol–water partition coefficient (Wildman–Crippen LogP) is 3.04. The average molecular weight is 449 g/mol. The number of aliphatic hydroxyl groups excluding tert-OH is 1. The fourth-order valence-electron chi connectivity index (χ4n) is 1.11. The van der Waals surface area contributed by atoms with Gasteiger partial charge in [-0.3, -0.25) is 0 Å². The van der Waals surface area contributed by atoms with Crippen LogP contribution in [0.3, 0.4) is 0 Å². The van der Waals surface area contributed by atoms with Gasteiger partial charge in [-0.1, -0.05) is 60.8 Å². The van der Waals surface area contributed by atoms with Gasteiger partial charge in [0.15, 0.2) is 19.5 Å². The maximum atomic E-state index is 8.31. The van der Waals surface area contributed by atoms with E-state index >= 15 is 0 Å². The molecule has 0 aliphatic carbocycles. The fraction of sp³-hybridized carbons (Fsp3) is 1.00. The maximum absolute atomic E-state index is 8.31. The summed E-state index contributed by atoms with van der Waals surface area (Å²) in [4.78, 5) is 0. The normalized spacial score (nSPS) is 9.78. The number of aliphatic hydroxyl groups is 1. The smallest absolute Gasteiger partial charge is 0.157 e. The fourth-order valence-corrected chi connectivity index (χ4v) is 1.82. The van der Waals surface area contributed by atoms with Crippen LogP contribution in [0, 0.1) is 0 Å². The Labute approximate surface area is 180 Å². The number of unbranched alkanes of at least 4 members (excludes halogenated alkanes) is 1. The molecule has 0 aromatic carbocycles. The minimum absolute atomic E-state index is 0. The Kier molecular flexibility index (Phi) is 87.0. The van der Waals surface area contributed by atoms with E-state index in [1.807, 2.05) is 0 Å². The molecule has 0 aliphatic rings. The van der Waals surface area contributed by atoms with Crippen molar-refractivity contribution in [2.24, 2.45) is 0 Å². The maximum Gasteiger partial charge on any atom is 0.157 e. The summed E-state index contributed by atoms with van der Waals surface area (Å²) in [5, 5.41) is 8.31. The third-order valence-corrected chi connectivity index (χ3v) is 5.06. The Morgan fingerprint density at radius 2 is 1.15 bits per heavy atom. The second-order valence-electron chi connectivity index (χ2n) is 5.16. The van der Waals surface area contributed by atoms with Gasteiger partial charge in [-0.05, 0) is 19.3 Å². The molecule has 0 aliphatic heterocycles. The third-order valence-electron chi connectivity index (χ3n) is 2.70. The van der Waals surface area contributed by atoms with Gasteiger partial charge in [-0.2, -0.15) is 0 Å². The molecule has 5 nitrogen and oxygen atoms in total. The molecule has 0 saturated heterocycles. The number of ether oxygens (including phenoxy) is 2. The van der Waals surface area contributed by atoms with E-state index in [0.717, 1.165) is 26.2 Å². The Bertz CT molecular complexity index is 150. The first-order chi connectivity index (χ1) is 12.2. The molecule has 0 aromatic heterocycles. The summed E-state index contributed by atoms with van der Waals surface area (Å²) >= 11 is 0. The topological polar surface area (TPSA) is 57.2 Å². The van der Waals surface area contributed by atoms with Crippen LogP contribution >= 0.6 is 0 Å². The van der Waals surface area contributed by atoms with Crippen LogP contribution < -0.4 is 0 Å². The summed E-state index contributed by atoms with van der Waals surface area (Å²) in [5.74, 6) is 0. The lowest BCUT2D eigenvalue weighted by atomic mass is 10.4. The van der Waals surface area contributed by atoms with Gasteiger partial charge < -0.3 is 23.4 Å². The summed E-state index contributed by atoms with van der Waals surface area (Å²) in [6.07, 6.45) is 4.77. The zero-order chi connectivity index (χ0) is 20.0. The van der Waals surface area contributed by atoms with E-state index in [9.17, 15) is 0 Å². The summed E-state index contributed by atoms with van der Waals surface area (Å²) in [6, 6.07) is 1.37. The molecule has 0 spiro atoms. The molecule has 0 radical (unpaired) electrons. The standard InChI is InChI=1S/C7H16O.C6H16O2Si.2C2H8OSi.2CH4/c1-3-5-7-8-6-4-2;1-9-6-2-4-8-5-3-7;2*1-3-4-2;;/h3-7H2,1-2H3;7H,2-6,9H2,1H3;2*4H2,1-2H3;2*1H4. The number of hydrogen-bond donors (Lipinski definition) is 1. The summed E-state index contributed by atoms with van der Waals surface area (Å²) in [7, 11) is 3.57. The van der Waals surface area contributed by atoms with Crippen LogP contribution in [0.5, 0.6) is 0 Å². The van der Waals surface area contributed by atoms with Gasteiger partial charge in [0, 0.05) is 43.6 Å². The second kappa shape index (κ2) is 56.3. The van der Waals surface area contributed by atoms with Crippen molar-refractivity contribution in [3.63, 3.8) is 0 Å². The van der Waals surface area contributed by atoms with Crippen molar-refractivity contribution in [3.05, 3.63) is 0 Å². The zero-order valence-electron chi connectivity index (χ0n) is 18.3. The van der Waals surface area contributed by atoms with Gasteiger partial charge in [-0.15, -0.1) is 0 Å². The molecule has 0 rings (SSSR count). The van der Waals surface area contributed by atoms with Crippen LogP contribution in [0.2, 0.25) is 25.7 Å². The van der Waals surface area contributed by atoms with E-state index in [0.29, 0.717) is 6.61 Å². The van der Waals surface area contributed by atoms with Crippen LogP contribution in [-0.4, -0.2) is 81.4 Å². The highest BCUT2D eigenvalue weighted by Gasteiger charge is 1.85. The summed E-state index contributed by atoms with van der Waals surface area (Å²) in [6.45, 7) is 14.2. The molecular weight excluding hydrogens is 392 g/mol. The van der Waals surface area contributed by atoms with Crippen LogP contribution in [0.25, 0.3) is 0 Å². The van der Waals surface area contributed by atoms with Crippen molar-refractivity contribution >= 4 is 29.0 Å². The molecule has 0 heterocycles. The van der Waals surface area contributed by atoms with Gasteiger partial charge in [-0.25, -0.2) is 0 Å². The minimum atomic E-state index is -0.0756. The van der Waals surface area contributed by atoms with Crippen LogP contribution in [0.1, 0.15) is 54.4 Å². The average Bonchev–Trinajstić information content (AvgIpc) is 2.66. The van der Waals surface area contributed by atoms with Crippen LogP contribution in [0.4, 0.5) is 0 Å². The van der Waals surface area contributed by atoms with Gasteiger partial charge >= 0.3 is 0 Å². The first-order valence-electron chi connectivity index (χ1n) is 9.90. The first kappa shape index (κ1) is 41.7. The number of rotatable bonds is 13. The van der Waals surface area contributed by atoms with Gasteiger partial charge in [0.2, 0.25) is 0 Å². The second-order valence-corrected chi connectivity index (χ2v) is 9.18. The molecule has 0 aromatic rings. The predicted molar refractivity (Wildman–Crippen MR) is 134 cm³/mol. The van der Waals surface area contributed by atoms with Crippen molar-refractivity contribution < 1.29 is 23.4 Å². The Balaban J connectivity index is -0.0000000564. The third kappa shape index (κ3) is 87.4. The van der Waals surface area contributed by atoms with Crippen molar-refractivity contribution in [2.75, 3.05) is 47.3 Å². The molecular formula is C19H56O5Si3. The van der Waals surface area contributed by atoms with Gasteiger partial charge in [0.1, 0.15) is 0 Å². The molecule has 0 bridgehead atoms. The van der Waals surface area contributed by atoms with E-state index < -0.39 is 0 Å². The lowest BCUT2D eigenvalue weighted by Crippen LogP contribution is -2.00. The van der Waals surface area contributed by atoms with Crippen molar-refractivity contribution in [2.45, 2.75) is 80.1 Å². The zero-order valence-corrected chi connectivity index (χ0v) is 22.5. The van der Waals surface area contributed by atoms with E-state index in [1.54, 1.807) is 14.2 Å². The lowest BCUT2D eigenvalue weighted by molar-refractivity contribution is 0.0928. The highest BCUT2D eigenvalue weighted by Crippen LogP contribution is 1.88.